The molecule has 1 aliphatic carbocycles. The molecule has 1 aromatic rings. The van der Waals surface area contributed by atoms with Gasteiger partial charge in [0.25, 0.3) is 0 Å². The molecule has 0 amide bonds. The van der Waals surface area contributed by atoms with E-state index in [1.165, 1.54) is 13.0 Å². The molecule has 30 heavy (non-hydrogen) atoms. The molecule has 1 aromatic carbocycles. The summed E-state index contributed by atoms with van der Waals surface area (Å²) in [4.78, 5) is 23.2. The predicted molar refractivity (Wildman–Crippen MR) is 106 cm³/mol. The number of hydrogen-bond acceptors (Lipinski definition) is 5. The van der Waals surface area contributed by atoms with Gasteiger partial charge < -0.3 is 14.2 Å². The van der Waals surface area contributed by atoms with Crippen LogP contribution in [0.5, 0.6) is 0 Å². The summed E-state index contributed by atoms with van der Waals surface area (Å²) in [7, 11) is 0. The number of benzene rings is 1. The third-order valence-electron chi connectivity index (χ3n) is 4.32. The van der Waals surface area contributed by atoms with E-state index >= 15 is 0 Å². The van der Waals surface area contributed by atoms with E-state index < -0.39 is 29.3 Å². The Morgan fingerprint density at radius 3 is 2.00 bits per heavy atom. The molecule has 170 valence electrons. The fourth-order valence-corrected chi connectivity index (χ4v) is 3.59. The topological polar surface area (TPSA) is 61.8 Å². The molecule has 10 heteroatoms. The van der Waals surface area contributed by atoms with Crippen LogP contribution in [0.1, 0.15) is 52.0 Å². The fraction of sp³-hybridized carbons (Fsp3) is 0.600. The van der Waals surface area contributed by atoms with Crippen LogP contribution in [-0.4, -0.2) is 36.9 Å². The standard InChI is InChI=1S/C13H22O5.C7H3Cl2F3/c1-4-16-11-6-8-13(9-7-11,18-10(3)14)12(15)17-5-2;8-5-1-4(7(10,11)12)2-6(9)3-5/h11H,4-9H2,1-3H3;1-3H. The van der Waals surface area contributed by atoms with Crippen LogP contribution in [0, 0.1) is 0 Å². The second kappa shape index (κ2) is 11.8. The summed E-state index contributed by atoms with van der Waals surface area (Å²) in [5.41, 5.74) is -1.94. The van der Waals surface area contributed by atoms with Gasteiger partial charge in [-0.15, -0.1) is 0 Å². The van der Waals surface area contributed by atoms with Crippen molar-refractivity contribution in [1.29, 1.82) is 0 Å². The van der Waals surface area contributed by atoms with E-state index in [2.05, 4.69) is 0 Å². The van der Waals surface area contributed by atoms with Gasteiger partial charge in [0.2, 0.25) is 5.60 Å². The van der Waals surface area contributed by atoms with Crippen molar-refractivity contribution in [1.82, 2.24) is 0 Å². The molecule has 0 saturated heterocycles. The highest BCUT2D eigenvalue weighted by molar-refractivity contribution is 6.34. The van der Waals surface area contributed by atoms with Gasteiger partial charge in [0.05, 0.1) is 18.3 Å². The molecule has 1 aliphatic rings. The molecule has 1 saturated carbocycles. The molecule has 0 N–H and O–H groups in total. The van der Waals surface area contributed by atoms with Crippen LogP contribution in [0.15, 0.2) is 18.2 Å². The van der Waals surface area contributed by atoms with E-state index in [4.69, 9.17) is 37.4 Å². The van der Waals surface area contributed by atoms with E-state index in [-0.39, 0.29) is 22.8 Å². The molecule has 5 nitrogen and oxygen atoms in total. The van der Waals surface area contributed by atoms with Gasteiger partial charge in [0, 0.05) is 36.4 Å². The first-order valence-electron chi connectivity index (χ1n) is 9.45. The van der Waals surface area contributed by atoms with Gasteiger partial charge in [-0.25, -0.2) is 4.79 Å². The Labute approximate surface area is 183 Å². The van der Waals surface area contributed by atoms with Crippen molar-refractivity contribution in [3.05, 3.63) is 33.8 Å². The summed E-state index contributed by atoms with van der Waals surface area (Å²) < 4.78 is 51.9. The average molecular weight is 473 g/mol. The normalized spacial score (nSPS) is 21.3. The first-order chi connectivity index (χ1) is 13.9. The summed E-state index contributed by atoms with van der Waals surface area (Å²) >= 11 is 10.7. The summed E-state index contributed by atoms with van der Waals surface area (Å²) in [6.07, 6.45) is -1.89. The molecular formula is C20H25Cl2F3O5. The van der Waals surface area contributed by atoms with Gasteiger partial charge in [-0.1, -0.05) is 23.2 Å². The monoisotopic (exact) mass is 472 g/mol. The SMILES string of the molecule is CCOC(=O)C1(OC(C)=O)CCC(OCC)CC1.FC(F)(F)c1cc(Cl)cc(Cl)c1. The van der Waals surface area contributed by atoms with Crippen LogP contribution in [0.3, 0.4) is 0 Å². The summed E-state index contributed by atoms with van der Waals surface area (Å²) in [6.45, 7) is 5.95. The van der Waals surface area contributed by atoms with E-state index in [9.17, 15) is 22.8 Å². The Hall–Kier alpha value is -1.51. The minimum Gasteiger partial charge on any atom is -0.463 e. The highest BCUT2D eigenvalue weighted by Gasteiger charge is 2.46. The number of alkyl halides is 3. The lowest BCUT2D eigenvalue weighted by Crippen LogP contribution is -2.48. The van der Waals surface area contributed by atoms with Crippen LogP contribution in [-0.2, 0) is 30.0 Å². The minimum atomic E-state index is -4.39. The van der Waals surface area contributed by atoms with Crippen molar-refractivity contribution in [3.8, 4) is 0 Å². The Bertz CT molecular complexity index is 697. The molecule has 0 bridgehead atoms. The van der Waals surface area contributed by atoms with Crippen LogP contribution in [0.2, 0.25) is 10.0 Å². The van der Waals surface area contributed by atoms with E-state index in [0.717, 1.165) is 12.1 Å². The summed E-state index contributed by atoms with van der Waals surface area (Å²) in [5, 5.41) is -0.0374. The number of rotatable bonds is 5. The largest absolute Gasteiger partial charge is 0.463 e. The molecule has 2 rings (SSSR count). The second-order valence-corrected chi connectivity index (χ2v) is 7.49. The highest BCUT2D eigenvalue weighted by atomic mass is 35.5. The third-order valence-corrected chi connectivity index (χ3v) is 4.76. The molecule has 0 spiro atoms. The lowest BCUT2D eigenvalue weighted by Gasteiger charge is -2.36. The second-order valence-electron chi connectivity index (χ2n) is 6.62. The number of esters is 2. The van der Waals surface area contributed by atoms with Crippen molar-refractivity contribution in [2.75, 3.05) is 13.2 Å². The van der Waals surface area contributed by atoms with Gasteiger partial charge >= 0.3 is 18.1 Å². The van der Waals surface area contributed by atoms with E-state index in [0.29, 0.717) is 32.3 Å². The first kappa shape index (κ1) is 26.5. The van der Waals surface area contributed by atoms with Crippen molar-refractivity contribution in [3.63, 3.8) is 0 Å². The van der Waals surface area contributed by atoms with Crippen molar-refractivity contribution in [2.45, 2.75) is 64.3 Å². The highest BCUT2D eigenvalue weighted by Crippen LogP contribution is 2.35. The van der Waals surface area contributed by atoms with Gasteiger partial charge in [-0.2, -0.15) is 13.2 Å². The van der Waals surface area contributed by atoms with E-state index in [1.54, 1.807) is 6.92 Å². The molecule has 0 radical (unpaired) electrons. The Morgan fingerprint density at radius 1 is 1.07 bits per heavy atom. The zero-order chi connectivity index (χ0) is 22.9. The Morgan fingerprint density at radius 2 is 1.60 bits per heavy atom. The van der Waals surface area contributed by atoms with Crippen molar-refractivity contribution in [2.24, 2.45) is 0 Å². The molecule has 0 aromatic heterocycles. The minimum absolute atomic E-state index is 0.0187. The van der Waals surface area contributed by atoms with E-state index in [1.807, 2.05) is 6.92 Å². The number of carbonyl (C=O) groups is 2. The molecule has 0 atom stereocenters. The number of hydrogen-bond donors (Lipinski definition) is 0. The summed E-state index contributed by atoms with van der Waals surface area (Å²) in [5.74, 6) is -0.881. The fourth-order valence-electron chi connectivity index (χ4n) is 3.06. The number of carbonyl (C=O) groups excluding carboxylic acids is 2. The maximum absolute atomic E-state index is 12.0. The number of ether oxygens (including phenoxy) is 3. The van der Waals surface area contributed by atoms with Gasteiger partial charge in [0.1, 0.15) is 0 Å². The zero-order valence-electron chi connectivity index (χ0n) is 17.0. The smallest absolute Gasteiger partial charge is 0.416 e. The van der Waals surface area contributed by atoms with Gasteiger partial charge in [-0.05, 0) is 44.9 Å². The summed E-state index contributed by atoms with van der Waals surface area (Å²) in [6, 6.07) is 2.90. The quantitative estimate of drug-likeness (QED) is 0.503. The third kappa shape index (κ3) is 8.32. The van der Waals surface area contributed by atoms with Crippen LogP contribution in [0.25, 0.3) is 0 Å². The average Bonchev–Trinajstić information content (AvgIpc) is 2.62. The first-order valence-corrected chi connectivity index (χ1v) is 10.2. The van der Waals surface area contributed by atoms with Crippen LogP contribution < -0.4 is 0 Å². The van der Waals surface area contributed by atoms with Crippen LogP contribution in [0.4, 0.5) is 13.2 Å². The molecular weight excluding hydrogens is 448 g/mol. The maximum Gasteiger partial charge on any atom is 0.416 e. The maximum atomic E-state index is 12.0. The molecule has 0 aliphatic heterocycles. The van der Waals surface area contributed by atoms with Crippen molar-refractivity contribution < 1.29 is 37.0 Å². The predicted octanol–water partition coefficient (Wildman–Crippen LogP) is 5.84. The molecule has 0 unspecified atom stereocenters. The number of halogens is 5. The Kier molecular flexibility index (Phi) is 10.4. The van der Waals surface area contributed by atoms with Crippen LogP contribution >= 0.6 is 23.2 Å². The lowest BCUT2D eigenvalue weighted by molar-refractivity contribution is -0.188. The molecule has 1 fully saturated rings. The van der Waals surface area contributed by atoms with Gasteiger partial charge in [-0.3, -0.25) is 4.79 Å². The van der Waals surface area contributed by atoms with Gasteiger partial charge in [0.15, 0.2) is 0 Å². The molecule has 0 heterocycles. The lowest BCUT2D eigenvalue weighted by atomic mass is 9.83. The zero-order valence-corrected chi connectivity index (χ0v) is 18.5. The Balaban J connectivity index is 0.000000325. The van der Waals surface area contributed by atoms with Crippen molar-refractivity contribution >= 4 is 35.1 Å².